The first kappa shape index (κ1) is 17.2. The lowest BCUT2D eigenvalue weighted by molar-refractivity contribution is 0.254. The highest BCUT2D eigenvalue weighted by Gasteiger charge is 2.20. The van der Waals surface area contributed by atoms with Crippen molar-refractivity contribution >= 4 is 17.4 Å². The minimum absolute atomic E-state index is 0.165. The van der Waals surface area contributed by atoms with E-state index in [2.05, 4.69) is 55.1 Å². The maximum atomic E-state index is 6.19. The van der Waals surface area contributed by atoms with Crippen LogP contribution in [0.3, 0.4) is 0 Å². The van der Waals surface area contributed by atoms with Crippen molar-refractivity contribution in [2.75, 3.05) is 32.5 Å². The summed E-state index contributed by atoms with van der Waals surface area (Å²) in [4.78, 5) is 11.1. The molecule has 1 aromatic rings. The number of hydrogen-bond acceptors (Lipinski definition) is 4. The van der Waals surface area contributed by atoms with Crippen LogP contribution in [0.25, 0.3) is 0 Å². The van der Waals surface area contributed by atoms with E-state index < -0.39 is 0 Å². The number of halogens is 1. The Bertz CT molecular complexity index is 444. The normalized spacial score (nSPS) is 12.0. The maximum Gasteiger partial charge on any atom is 0.137 e. The van der Waals surface area contributed by atoms with Gasteiger partial charge in [-0.15, -0.1) is 0 Å². The van der Waals surface area contributed by atoms with Crippen LogP contribution >= 0.6 is 11.6 Å². The molecule has 1 rings (SSSR count). The molecule has 1 N–H and O–H groups in total. The molecule has 0 saturated heterocycles. The molecule has 0 aliphatic carbocycles. The molecular formula is C15H27ClN4. The number of aryl methyl sites for hydroxylation is 1. The average Bonchev–Trinajstić information content (AvgIpc) is 2.30. The number of nitrogens with one attached hydrogen (secondary N) is 1. The quantitative estimate of drug-likeness (QED) is 0.784. The molecule has 20 heavy (non-hydrogen) atoms. The number of nitrogens with zero attached hydrogens (tertiary/aromatic N) is 3. The summed E-state index contributed by atoms with van der Waals surface area (Å²) in [5.74, 6) is 1.68. The molecule has 0 saturated carbocycles. The molecular weight excluding hydrogens is 272 g/mol. The van der Waals surface area contributed by atoms with E-state index in [0.717, 1.165) is 43.1 Å². The lowest BCUT2D eigenvalue weighted by atomic mass is 9.93. The van der Waals surface area contributed by atoms with Crippen LogP contribution in [0.2, 0.25) is 5.15 Å². The Hall–Kier alpha value is -0.870. The van der Waals surface area contributed by atoms with Gasteiger partial charge in [-0.25, -0.2) is 9.97 Å². The zero-order valence-corrected chi connectivity index (χ0v) is 14.3. The first-order chi connectivity index (χ1) is 9.25. The molecule has 0 aliphatic heterocycles. The summed E-state index contributed by atoms with van der Waals surface area (Å²) in [6.45, 7) is 10.4. The predicted molar refractivity (Wildman–Crippen MR) is 86.6 cm³/mol. The summed E-state index contributed by atoms with van der Waals surface area (Å²) in [7, 11) is 4.18. The van der Waals surface area contributed by atoms with Crippen molar-refractivity contribution in [1.82, 2.24) is 14.9 Å². The lowest BCUT2D eigenvalue weighted by Crippen LogP contribution is -2.34. The van der Waals surface area contributed by atoms with Gasteiger partial charge in [0.25, 0.3) is 0 Å². The molecule has 1 heterocycles. The van der Waals surface area contributed by atoms with Gasteiger partial charge in [-0.05, 0) is 32.9 Å². The average molecular weight is 299 g/mol. The largest absolute Gasteiger partial charge is 0.369 e. The van der Waals surface area contributed by atoms with E-state index in [9.17, 15) is 0 Å². The van der Waals surface area contributed by atoms with Crippen LogP contribution in [-0.2, 0) is 6.42 Å². The monoisotopic (exact) mass is 298 g/mol. The van der Waals surface area contributed by atoms with E-state index in [0.29, 0.717) is 5.15 Å². The second-order valence-corrected chi connectivity index (χ2v) is 6.77. The number of anilines is 1. The summed E-state index contributed by atoms with van der Waals surface area (Å²) in [5, 5.41) is 3.99. The van der Waals surface area contributed by atoms with Crippen LogP contribution in [0, 0.1) is 12.3 Å². The zero-order valence-electron chi connectivity index (χ0n) is 13.5. The van der Waals surface area contributed by atoms with Crippen molar-refractivity contribution in [3.8, 4) is 0 Å². The van der Waals surface area contributed by atoms with E-state index in [-0.39, 0.29) is 5.41 Å². The first-order valence-corrected chi connectivity index (χ1v) is 7.54. The van der Waals surface area contributed by atoms with E-state index in [1.165, 1.54) is 0 Å². The summed E-state index contributed by atoms with van der Waals surface area (Å²) < 4.78 is 0. The van der Waals surface area contributed by atoms with Crippen LogP contribution in [0.4, 0.5) is 5.82 Å². The number of rotatable bonds is 7. The fourth-order valence-electron chi connectivity index (χ4n) is 2.28. The highest BCUT2D eigenvalue weighted by molar-refractivity contribution is 6.30. The summed E-state index contributed by atoms with van der Waals surface area (Å²) in [6, 6.07) is 0. The van der Waals surface area contributed by atoms with Crippen molar-refractivity contribution in [2.45, 2.75) is 40.5 Å². The van der Waals surface area contributed by atoms with Gasteiger partial charge in [-0.3, -0.25) is 0 Å². The van der Waals surface area contributed by atoms with Gasteiger partial charge in [0.2, 0.25) is 0 Å². The Morgan fingerprint density at radius 3 is 2.45 bits per heavy atom. The van der Waals surface area contributed by atoms with Gasteiger partial charge < -0.3 is 10.2 Å². The van der Waals surface area contributed by atoms with E-state index >= 15 is 0 Å². The van der Waals surface area contributed by atoms with Crippen LogP contribution in [0.1, 0.15) is 38.6 Å². The topological polar surface area (TPSA) is 41.1 Å². The molecule has 114 valence electrons. The van der Waals surface area contributed by atoms with Crippen molar-refractivity contribution in [2.24, 2.45) is 5.41 Å². The highest BCUT2D eigenvalue weighted by Crippen LogP contribution is 2.23. The van der Waals surface area contributed by atoms with E-state index in [4.69, 9.17) is 11.6 Å². The minimum atomic E-state index is 0.165. The Morgan fingerprint density at radius 2 is 1.90 bits per heavy atom. The van der Waals surface area contributed by atoms with Gasteiger partial charge in [-0.1, -0.05) is 32.4 Å². The zero-order chi connectivity index (χ0) is 15.3. The minimum Gasteiger partial charge on any atom is -0.369 e. The lowest BCUT2D eigenvalue weighted by Gasteiger charge is -2.29. The Labute approximate surface area is 127 Å². The van der Waals surface area contributed by atoms with Crippen molar-refractivity contribution in [3.63, 3.8) is 0 Å². The second kappa shape index (κ2) is 7.23. The fraction of sp³-hybridized carbons (Fsp3) is 0.733. The molecule has 0 spiro atoms. The van der Waals surface area contributed by atoms with E-state index in [1.807, 2.05) is 6.92 Å². The SMILES string of the molecule is CCCc1nc(Cl)c(C)c(NCC(C)(C)CN(C)C)n1. The smallest absolute Gasteiger partial charge is 0.137 e. The molecule has 0 bridgehead atoms. The highest BCUT2D eigenvalue weighted by atomic mass is 35.5. The third-order valence-corrected chi connectivity index (χ3v) is 3.45. The van der Waals surface area contributed by atoms with Crippen molar-refractivity contribution in [3.05, 3.63) is 16.5 Å². The molecule has 0 radical (unpaired) electrons. The van der Waals surface area contributed by atoms with Crippen molar-refractivity contribution < 1.29 is 0 Å². The van der Waals surface area contributed by atoms with Gasteiger partial charge >= 0.3 is 0 Å². The molecule has 0 aliphatic rings. The fourth-order valence-corrected chi connectivity index (χ4v) is 2.46. The van der Waals surface area contributed by atoms with Gasteiger partial charge in [0.05, 0.1) is 0 Å². The number of aromatic nitrogens is 2. The molecule has 0 aromatic carbocycles. The molecule has 0 unspecified atom stereocenters. The summed E-state index contributed by atoms with van der Waals surface area (Å²) in [6.07, 6.45) is 1.88. The Morgan fingerprint density at radius 1 is 1.25 bits per heavy atom. The summed E-state index contributed by atoms with van der Waals surface area (Å²) >= 11 is 6.19. The molecule has 0 amide bonds. The van der Waals surface area contributed by atoms with Gasteiger partial charge in [-0.2, -0.15) is 0 Å². The molecule has 4 nitrogen and oxygen atoms in total. The van der Waals surface area contributed by atoms with Crippen LogP contribution < -0.4 is 5.32 Å². The van der Waals surface area contributed by atoms with Gasteiger partial charge in [0.1, 0.15) is 16.8 Å². The predicted octanol–water partition coefficient (Wildman–Crippen LogP) is 3.39. The van der Waals surface area contributed by atoms with Crippen LogP contribution in [-0.4, -0.2) is 42.1 Å². The third kappa shape index (κ3) is 5.25. The van der Waals surface area contributed by atoms with Crippen LogP contribution in [0.15, 0.2) is 0 Å². The van der Waals surface area contributed by atoms with Crippen LogP contribution in [0.5, 0.6) is 0 Å². The molecule has 5 heteroatoms. The standard InChI is InChI=1S/C15H27ClN4/c1-7-8-12-18-13(16)11(2)14(19-12)17-9-15(3,4)10-20(5)6/h7-10H2,1-6H3,(H,17,18,19). The van der Waals surface area contributed by atoms with Gasteiger partial charge in [0, 0.05) is 25.1 Å². The number of hydrogen-bond donors (Lipinski definition) is 1. The molecule has 0 atom stereocenters. The third-order valence-electron chi connectivity index (χ3n) is 3.08. The molecule has 0 fully saturated rings. The Kier molecular flexibility index (Phi) is 6.21. The molecule has 1 aromatic heterocycles. The van der Waals surface area contributed by atoms with E-state index in [1.54, 1.807) is 0 Å². The second-order valence-electron chi connectivity index (χ2n) is 6.41. The van der Waals surface area contributed by atoms with Gasteiger partial charge in [0.15, 0.2) is 0 Å². The Balaban J connectivity index is 2.81. The van der Waals surface area contributed by atoms with Crippen molar-refractivity contribution in [1.29, 1.82) is 0 Å². The maximum absolute atomic E-state index is 6.19. The summed E-state index contributed by atoms with van der Waals surface area (Å²) in [5.41, 5.74) is 1.09. The first-order valence-electron chi connectivity index (χ1n) is 7.17.